The second kappa shape index (κ2) is 6.75. The minimum atomic E-state index is -0.830. The lowest BCUT2D eigenvalue weighted by molar-refractivity contribution is -0.132. The van der Waals surface area contributed by atoms with Gasteiger partial charge in [-0.25, -0.2) is 9.69 Å². The fourth-order valence-electron chi connectivity index (χ4n) is 3.05. The summed E-state index contributed by atoms with van der Waals surface area (Å²) in [6.45, 7) is 7.13. The van der Waals surface area contributed by atoms with Gasteiger partial charge in [0.15, 0.2) is 0 Å². The third-order valence-electron chi connectivity index (χ3n) is 4.26. The van der Waals surface area contributed by atoms with E-state index in [2.05, 4.69) is 0 Å². The molecule has 1 fully saturated rings. The molecule has 2 amide bonds. The molecule has 5 nitrogen and oxygen atoms in total. The van der Waals surface area contributed by atoms with Gasteiger partial charge < -0.3 is 9.53 Å². The maximum atomic E-state index is 13.1. The molecule has 5 heteroatoms. The number of hydrogen-bond donors (Lipinski definition) is 0. The monoisotopic (exact) mass is 331 g/mol. The highest BCUT2D eigenvalue weighted by Crippen LogP contribution is 2.40. The summed E-state index contributed by atoms with van der Waals surface area (Å²) >= 11 is 0. The number of ketones is 1. The van der Waals surface area contributed by atoms with Gasteiger partial charge in [-0.3, -0.25) is 4.79 Å². The minimum absolute atomic E-state index is 0.0359. The molecular formula is C19H25NO4. The molecule has 24 heavy (non-hydrogen) atoms. The molecule has 1 aromatic carbocycles. The van der Waals surface area contributed by atoms with Gasteiger partial charge >= 0.3 is 6.09 Å². The predicted octanol–water partition coefficient (Wildman–Crippen LogP) is 3.46. The van der Waals surface area contributed by atoms with Crippen molar-refractivity contribution in [1.29, 1.82) is 0 Å². The summed E-state index contributed by atoms with van der Waals surface area (Å²) < 4.78 is 5.35. The molecule has 0 spiro atoms. The number of rotatable bonds is 4. The first-order valence-electron chi connectivity index (χ1n) is 8.26. The Bertz CT molecular complexity index is 633. The van der Waals surface area contributed by atoms with Crippen molar-refractivity contribution >= 4 is 17.8 Å². The number of carbonyl (C=O) groups is 3. The number of benzene rings is 1. The van der Waals surface area contributed by atoms with Crippen molar-refractivity contribution in [3.8, 4) is 0 Å². The van der Waals surface area contributed by atoms with Crippen LogP contribution in [0, 0.1) is 0 Å². The molecule has 0 bridgehead atoms. The molecule has 0 saturated carbocycles. The Labute approximate surface area is 143 Å². The number of Topliss-reactive ketones (excluding diaryl/α,β-unsaturated/α-hetero) is 1. The van der Waals surface area contributed by atoms with Crippen molar-refractivity contribution in [2.24, 2.45) is 0 Å². The topological polar surface area (TPSA) is 63.7 Å². The van der Waals surface area contributed by atoms with Crippen LogP contribution in [0.4, 0.5) is 4.79 Å². The van der Waals surface area contributed by atoms with E-state index in [1.165, 1.54) is 11.8 Å². The van der Waals surface area contributed by atoms with Gasteiger partial charge in [-0.05, 0) is 46.1 Å². The lowest BCUT2D eigenvalue weighted by Crippen LogP contribution is -2.43. The number of ether oxygens (including phenoxy) is 1. The highest BCUT2D eigenvalue weighted by molar-refractivity contribution is 6.00. The van der Waals surface area contributed by atoms with Gasteiger partial charge in [0.2, 0.25) is 5.91 Å². The van der Waals surface area contributed by atoms with Crippen LogP contribution in [0.1, 0.15) is 52.5 Å². The Balaban J connectivity index is 2.31. The van der Waals surface area contributed by atoms with Crippen LogP contribution in [0.25, 0.3) is 0 Å². The van der Waals surface area contributed by atoms with Crippen LogP contribution >= 0.6 is 0 Å². The normalized spacial score (nSPS) is 21.0. The number of likely N-dealkylation sites (tertiary alicyclic amines) is 1. The summed E-state index contributed by atoms with van der Waals surface area (Å²) in [5.74, 6) is -0.238. The summed E-state index contributed by atoms with van der Waals surface area (Å²) in [5, 5.41) is 0. The van der Waals surface area contributed by atoms with E-state index in [-0.39, 0.29) is 11.7 Å². The average Bonchev–Trinajstić information content (AvgIpc) is 2.82. The first-order valence-corrected chi connectivity index (χ1v) is 8.26. The molecule has 0 aliphatic carbocycles. The molecule has 1 saturated heterocycles. The SMILES string of the molecule is CC(=O)CCC1(c2ccccc2)CCN(C(=O)OC(C)(C)C)C1=O. The number of nitrogens with zero attached hydrogens (tertiary/aromatic N) is 1. The Morgan fingerprint density at radius 2 is 1.83 bits per heavy atom. The zero-order valence-electron chi connectivity index (χ0n) is 14.8. The lowest BCUT2D eigenvalue weighted by Gasteiger charge is -2.28. The second-order valence-electron chi connectivity index (χ2n) is 7.34. The molecule has 1 atom stereocenters. The summed E-state index contributed by atoms with van der Waals surface area (Å²) in [7, 11) is 0. The van der Waals surface area contributed by atoms with Crippen LogP contribution < -0.4 is 0 Å². The lowest BCUT2D eigenvalue weighted by atomic mass is 9.75. The Kier molecular flexibility index (Phi) is 5.11. The van der Waals surface area contributed by atoms with Gasteiger partial charge in [0.1, 0.15) is 11.4 Å². The van der Waals surface area contributed by atoms with E-state index in [1.807, 2.05) is 30.3 Å². The fraction of sp³-hybridized carbons (Fsp3) is 0.526. The van der Waals surface area contributed by atoms with Gasteiger partial charge in [0.25, 0.3) is 0 Å². The predicted molar refractivity (Wildman–Crippen MR) is 90.6 cm³/mol. The van der Waals surface area contributed by atoms with E-state index in [0.29, 0.717) is 25.8 Å². The van der Waals surface area contributed by atoms with Gasteiger partial charge in [0.05, 0.1) is 5.41 Å². The highest BCUT2D eigenvalue weighted by atomic mass is 16.6. The maximum absolute atomic E-state index is 13.1. The second-order valence-corrected chi connectivity index (χ2v) is 7.34. The molecule has 130 valence electrons. The fourth-order valence-corrected chi connectivity index (χ4v) is 3.05. The van der Waals surface area contributed by atoms with Gasteiger partial charge in [-0.2, -0.15) is 0 Å². The van der Waals surface area contributed by atoms with Crippen molar-refractivity contribution in [2.75, 3.05) is 6.54 Å². The van der Waals surface area contributed by atoms with E-state index in [9.17, 15) is 14.4 Å². The van der Waals surface area contributed by atoms with Crippen LogP contribution in [0.5, 0.6) is 0 Å². The minimum Gasteiger partial charge on any atom is -0.443 e. The molecule has 0 N–H and O–H groups in total. The van der Waals surface area contributed by atoms with Crippen molar-refractivity contribution in [3.63, 3.8) is 0 Å². The first-order chi connectivity index (χ1) is 11.2. The zero-order chi connectivity index (χ0) is 18.0. The van der Waals surface area contributed by atoms with E-state index in [0.717, 1.165) is 5.56 Å². The third-order valence-corrected chi connectivity index (χ3v) is 4.26. The summed E-state index contributed by atoms with van der Waals surface area (Å²) in [5.41, 5.74) is -0.638. The van der Waals surface area contributed by atoms with E-state index >= 15 is 0 Å². The summed E-state index contributed by atoms with van der Waals surface area (Å²) in [6.07, 6.45) is 0.600. The molecule has 1 heterocycles. The number of hydrogen-bond acceptors (Lipinski definition) is 4. The van der Waals surface area contributed by atoms with Crippen molar-refractivity contribution in [1.82, 2.24) is 4.90 Å². The van der Waals surface area contributed by atoms with E-state index in [4.69, 9.17) is 4.74 Å². The first kappa shape index (κ1) is 18.2. The summed E-state index contributed by atoms with van der Waals surface area (Å²) in [4.78, 5) is 38.1. The zero-order valence-corrected chi connectivity index (χ0v) is 14.8. The Hall–Kier alpha value is -2.17. The molecule has 1 unspecified atom stereocenters. The van der Waals surface area contributed by atoms with Crippen molar-refractivity contribution < 1.29 is 19.1 Å². The molecule has 1 aliphatic heterocycles. The maximum Gasteiger partial charge on any atom is 0.417 e. The Morgan fingerprint density at radius 3 is 2.38 bits per heavy atom. The van der Waals surface area contributed by atoms with E-state index in [1.54, 1.807) is 20.8 Å². The Morgan fingerprint density at radius 1 is 1.21 bits per heavy atom. The van der Waals surface area contributed by atoms with Gasteiger partial charge in [0, 0.05) is 13.0 Å². The van der Waals surface area contributed by atoms with Crippen molar-refractivity contribution in [3.05, 3.63) is 35.9 Å². The van der Waals surface area contributed by atoms with E-state index < -0.39 is 17.1 Å². The van der Waals surface area contributed by atoms with Crippen LogP contribution in [0.15, 0.2) is 30.3 Å². The van der Waals surface area contributed by atoms with Crippen LogP contribution in [0.3, 0.4) is 0 Å². The largest absolute Gasteiger partial charge is 0.443 e. The van der Waals surface area contributed by atoms with Gasteiger partial charge in [-0.1, -0.05) is 30.3 Å². The number of imide groups is 1. The average molecular weight is 331 g/mol. The standard InChI is InChI=1S/C19H25NO4/c1-14(21)10-11-19(15-8-6-5-7-9-15)12-13-20(16(19)22)17(23)24-18(2,3)4/h5-9H,10-13H2,1-4H3. The quantitative estimate of drug-likeness (QED) is 0.847. The molecule has 0 radical (unpaired) electrons. The smallest absolute Gasteiger partial charge is 0.417 e. The highest BCUT2D eigenvalue weighted by Gasteiger charge is 2.50. The molecule has 1 aliphatic rings. The molecule has 2 rings (SSSR count). The molecule has 0 aromatic heterocycles. The van der Waals surface area contributed by atoms with Crippen LogP contribution in [-0.4, -0.2) is 34.8 Å². The van der Waals surface area contributed by atoms with Crippen LogP contribution in [-0.2, 0) is 19.7 Å². The third kappa shape index (κ3) is 3.83. The summed E-state index contributed by atoms with van der Waals surface area (Å²) in [6, 6.07) is 9.39. The van der Waals surface area contributed by atoms with Gasteiger partial charge in [-0.15, -0.1) is 0 Å². The number of carbonyl (C=O) groups excluding carboxylic acids is 3. The molecule has 1 aromatic rings. The van der Waals surface area contributed by atoms with Crippen molar-refractivity contribution in [2.45, 2.75) is 58.0 Å². The van der Waals surface area contributed by atoms with Crippen LogP contribution in [0.2, 0.25) is 0 Å². The number of amides is 2. The molecular weight excluding hydrogens is 306 g/mol.